The van der Waals surface area contributed by atoms with Gasteiger partial charge < -0.3 is 5.32 Å². The number of aliphatic imine (C=N–C) groups is 1. The molecule has 0 fully saturated rings. The van der Waals surface area contributed by atoms with Gasteiger partial charge in [0.2, 0.25) is 0 Å². The molecule has 1 aliphatic rings. The molecule has 24 heavy (non-hydrogen) atoms. The molecule has 3 nitrogen and oxygen atoms in total. The number of nitrogens with one attached hydrogen (secondary N) is 1. The van der Waals surface area contributed by atoms with Crippen molar-refractivity contribution in [3.8, 4) is 11.1 Å². The molecule has 1 N–H and O–H groups in total. The second-order valence-electron chi connectivity index (χ2n) is 6.31. The van der Waals surface area contributed by atoms with Crippen LogP contribution in [0.2, 0.25) is 0 Å². The van der Waals surface area contributed by atoms with Gasteiger partial charge in [-0.05, 0) is 40.8 Å². The fourth-order valence-corrected chi connectivity index (χ4v) is 2.65. The summed E-state index contributed by atoms with van der Waals surface area (Å²) in [6, 6.07) is 12.3. The molecule has 1 amide bonds. The lowest BCUT2D eigenvalue weighted by atomic mass is 10.0. The van der Waals surface area contributed by atoms with Gasteiger partial charge in [-0.3, -0.25) is 4.79 Å². The zero-order chi connectivity index (χ0) is 17.1. The summed E-state index contributed by atoms with van der Waals surface area (Å²) in [6.07, 6.45) is 1.60. The fraction of sp³-hybridized carbons (Fsp3) is 0.300. The number of benzene rings is 2. The summed E-state index contributed by atoms with van der Waals surface area (Å²) in [5, 5.41) is 2.95. The first-order valence-corrected chi connectivity index (χ1v) is 8.31. The molecule has 1 heterocycles. The van der Waals surface area contributed by atoms with E-state index in [0.29, 0.717) is 24.6 Å². The normalized spacial score (nSPS) is 14.0. The Balaban J connectivity index is 1.76. The highest BCUT2D eigenvalue weighted by Gasteiger charge is 2.21. The van der Waals surface area contributed by atoms with Crippen LogP contribution < -0.4 is 5.32 Å². The third-order valence-electron chi connectivity index (χ3n) is 4.45. The van der Waals surface area contributed by atoms with Gasteiger partial charge in [0.1, 0.15) is 11.5 Å². The minimum absolute atomic E-state index is 0.0881. The van der Waals surface area contributed by atoms with E-state index in [0.717, 1.165) is 28.8 Å². The molecular weight excluding hydrogens is 303 g/mol. The fourth-order valence-electron chi connectivity index (χ4n) is 2.65. The zero-order valence-corrected chi connectivity index (χ0v) is 14.0. The molecule has 3 rings (SSSR count). The van der Waals surface area contributed by atoms with Crippen LogP contribution in [-0.2, 0) is 11.2 Å². The van der Waals surface area contributed by atoms with Crippen LogP contribution in [-0.4, -0.2) is 18.2 Å². The monoisotopic (exact) mass is 324 g/mol. The smallest absolute Gasteiger partial charge is 0.266 e. The summed E-state index contributed by atoms with van der Waals surface area (Å²) in [5.41, 5.74) is 4.34. The lowest BCUT2D eigenvalue weighted by Gasteiger charge is -2.09. The predicted molar refractivity (Wildman–Crippen MR) is 95.1 cm³/mol. The van der Waals surface area contributed by atoms with Crippen LogP contribution in [0.3, 0.4) is 0 Å². The Kier molecular flexibility index (Phi) is 4.74. The number of carbonyl (C=O) groups excluding carboxylic acids is 1. The lowest BCUT2D eigenvalue weighted by Crippen LogP contribution is -2.34. The highest BCUT2D eigenvalue weighted by molar-refractivity contribution is 6.40. The zero-order valence-electron chi connectivity index (χ0n) is 14.0. The largest absolute Gasteiger partial charge is 0.351 e. The van der Waals surface area contributed by atoms with Gasteiger partial charge in [-0.1, -0.05) is 44.5 Å². The molecule has 1 atom stereocenters. The second-order valence-corrected chi connectivity index (χ2v) is 6.31. The molecular formula is C20H21FN2O. The van der Waals surface area contributed by atoms with Crippen molar-refractivity contribution in [1.82, 2.24) is 5.32 Å². The maximum atomic E-state index is 13.1. The SMILES string of the molecule is CC[C@H](C)CNC(=O)C1=Nc2cc(-c3ccc(F)cc3)ccc2C1. The number of hydrogen-bond donors (Lipinski definition) is 1. The highest BCUT2D eigenvalue weighted by Crippen LogP contribution is 2.32. The first kappa shape index (κ1) is 16.4. The van der Waals surface area contributed by atoms with Crippen molar-refractivity contribution < 1.29 is 9.18 Å². The Hall–Kier alpha value is -2.49. The number of nitrogens with zero attached hydrogens (tertiary/aromatic N) is 1. The van der Waals surface area contributed by atoms with Crippen LogP contribution in [0.5, 0.6) is 0 Å². The molecule has 1 aliphatic heterocycles. The standard InChI is InChI=1S/C20H21FN2O/c1-3-13(2)12-22-20(24)19-11-16-5-4-15(10-18(16)23-19)14-6-8-17(21)9-7-14/h4-10,13H,3,11-12H2,1-2H3,(H,22,24)/t13-/m0/s1. The summed E-state index contributed by atoms with van der Waals surface area (Å²) < 4.78 is 13.1. The Morgan fingerprint density at radius 1 is 1.21 bits per heavy atom. The van der Waals surface area contributed by atoms with Crippen molar-refractivity contribution in [3.63, 3.8) is 0 Å². The molecule has 0 unspecified atom stereocenters. The molecule has 4 heteroatoms. The number of carbonyl (C=O) groups is 1. The van der Waals surface area contributed by atoms with E-state index in [4.69, 9.17) is 0 Å². The van der Waals surface area contributed by atoms with Crippen LogP contribution in [0.1, 0.15) is 25.8 Å². The molecule has 0 bridgehead atoms. The molecule has 0 spiro atoms. The van der Waals surface area contributed by atoms with Gasteiger partial charge in [0.05, 0.1) is 5.69 Å². The maximum Gasteiger partial charge on any atom is 0.266 e. The van der Waals surface area contributed by atoms with Gasteiger partial charge in [-0.15, -0.1) is 0 Å². The maximum absolute atomic E-state index is 13.1. The van der Waals surface area contributed by atoms with E-state index in [1.807, 2.05) is 18.2 Å². The highest BCUT2D eigenvalue weighted by atomic mass is 19.1. The van der Waals surface area contributed by atoms with Gasteiger partial charge in [-0.25, -0.2) is 9.38 Å². The van der Waals surface area contributed by atoms with Gasteiger partial charge in [0.25, 0.3) is 5.91 Å². The van der Waals surface area contributed by atoms with Crippen molar-refractivity contribution in [3.05, 3.63) is 53.8 Å². The summed E-state index contributed by atoms with van der Waals surface area (Å²) in [5.74, 6) is 0.122. The van der Waals surface area contributed by atoms with Crippen LogP contribution in [0, 0.1) is 11.7 Å². The average Bonchev–Trinajstić information content (AvgIpc) is 3.03. The topological polar surface area (TPSA) is 41.5 Å². The van der Waals surface area contributed by atoms with Gasteiger partial charge >= 0.3 is 0 Å². The lowest BCUT2D eigenvalue weighted by molar-refractivity contribution is -0.115. The molecule has 0 aliphatic carbocycles. The Morgan fingerprint density at radius 2 is 1.92 bits per heavy atom. The molecule has 2 aromatic rings. The molecule has 0 radical (unpaired) electrons. The Morgan fingerprint density at radius 3 is 2.62 bits per heavy atom. The van der Waals surface area contributed by atoms with Crippen LogP contribution in [0.25, 0.3) is 11.1 Å². The van der Waals surface area contributed by atoms with Crippen molar-refractivity contribution >= 4 is 17.3 Å². The molecule has 2 aromatic carbocycles. The quantitative estimate of drug-likeness (QED) is 0.876. The number of hydrogen-bond acceptors (Lipinski definition) is 2. The summed E-state index contributed by atoms with van der Waals surface area (Å²) >= 11 is 0. The number of amides is 1. The van der Waals surface area contributed by atoms with E-state index >= 15 is 0 Å². The molecule has 0 aromatic heterocycles. The van der Waals surface area contributed by atoms with Crippen molar-refractivity contribution in [2.75, 3.05) is 6.54 Å². The minimum atomic E-state index is -0.252. The van der Waals surface area contributed by atoms with Crippen molar-refractivity contribution in [1.29, 1.82) is 0 Å². The Bertz CT molecular complexity index is 781. The van der Waals surface area contributed by atoms with Gasteiger partial charge in [-0.2, -0.15) is 0 Å². The summed E-state index contributed by atoms with van der Waals surface area (Å²) in [4.78, 5) is 16.7. The number of halogens is 1. The van der Waals surface area contributed by atoms with Gasteiger partial charge in [0, 0.05) is 13.0 Å². The van der Waals surface area contributed by atoms with E-state index < -0.39 is 0 Å². The first-order valence-electron chi connectivity index (χ1n) is 8.31. The van der Waals surface area contributed by atoms with Crippen molar-refractivity contribution in [2.24, 2.45) is 10.9 Å². The minimum Gasteiger partial charge on any atom is -0.351 e. The number of rotatable bonds is 5. The summed E-state index contributed by atoms with van der Waals surface area (Å²) in [7, 11) is 0. The number of fused-ring (bicyclic) bond motifs is 1. The van der Waals surface area contributed by atoms with Crippen molar-refractivity contribution in [2.45, 2.75) is 26.7 Å². The van der Waals surface area contributed by atoms with E-state index in [2.05, 4.69) is 24.2 Å². The molecule has 124 valence electrons. The van der Waals surface area contributed by atoms with E-state index in [1.54, 1.807) is 12.1 Å². The van der Waals surface area contributed by atoms with Crippen LogP contribution >= 0.6 is 0 Å². The summed E-state index contributed by atoms with van der Waals surface area (Å²) in [6.45, 7) is 4.89. The third-order valence-corrected chi connectivity index (χ3v) is 4.45. The Labute approximate surface area is 141 Å². The van der Waals surface area contributed by atoms with E-state index in [-0.39, 0.29) is 11.7 Å². The second kappa shape index (κ2) is 6.95. The van der Waals surface area contributed by atoms with E-state index in [1.165, 1.54) is 12.1 Å². The third kappa shape index (κ3) is 3.53. The first-order chi connectivity index (χ1) is 11.6. The molecule has 0 saturated carbocycles. The molecule has 0 saturated heterocycles. The van der Waals surface area contributed by atoms with Gasteiger partial charge in [0.15, 0.2) is 0 Å². The average molecular weight is 324 g/mol. The van der Waals surface area contributed by atoms with Crippen LogP contribution in [0.4, 0.5) is 10.1 Å². The van der Waals surface area contributed by atoms with Crippen LogP contribution in [0.15, 0.2) is 47.5 Å². The predicted octanol–water partition coefficient (Wildman–Crippen LogP) is 4.28. The van der Waals surface area contributed by atoms with E-state index in [9.17, 15) is 9.18 Å².